The molecule has 2 rings (SSSR count). The fourth-order valence-corrected chi connectivity index (χ4v) is 4.44. The number of benzene rings is 2. The first-order valence-corrected chi connectivity index (χ1v) is 12.9. The summed E-state index contributed by atoms with van der Waals surface area (Å²) in [6.45, 7) is 11.5. The van der Waals surface area contributed by atoms with Crippen LogP contribution in [-0.2, 0) is 26.3 Å². The molecule has 0 spiro atoms. The van der Waals surface area contributed by atoms with Crippen molar-refractivity contribution in [2.75, 3.05) is 5.32 Å². The van der Waals surface area contributed by atoms with Gasteiger partial charge < -0.3 is 14.4 Å². The Morgan fingerprint density at radius 2 is 1.74 bits per heavy atom. The summed E-state index contributed by atoms with van der Waals surface area (Å²) in [6.07, 6.45) is 1.10. The maximum absolute atomic E-state index is 13.1. The standard InChI is InChI=1S/C25H33ClN2O5S/c1-7-17(2)28(24(30)15-25(4,5)6)16-19-14-20(26)8-13-23(19)33-34(31,32)22-11-9-21(10-12-22)27-18(3)29/h8-14,17H,7,15-16H2,1-6H3,(H,27,29)/t17-/m0/s1. The van der Waals surface area contributed by atoms with Crippen LogP contribution in [0.2, 0.25) is 5.02 Å². The van der Waals surface area contributed by atoms with Gasteiger partial charge in [-0.15, -0.1) is 0 Å². The lowest BCUT2D eigenvalue weighted by Gasteiger charge is -2.32. The molecule has 0 fully saturated rings. The van der Waals surface area contributed by atoms with E-state index in [1.165, 1.54) is 37.3 Å². The number of hydrogen-bond donors (Lipinski definition) is 1. The third-order valence-electron chi connectivity index (χ3n) is 5.15. The Morgan fingerprint density at radius 1 is 1.12 bits per heavy atom. The molecule has 2 aromatic carbocycles. The zero-order valence-corrected chi connectivity index (χ0v) is 22.1. The fourth-order valence-electron chi connectivity index (χ4n) is 3.28. The number of carbonyl (C=O) groups excluding carboxylic acids is 2. The number of rotatable bonds is 9. The van der Waals surface area contributed by atoms with Crippen LogP contribution in [0.5, 0.6) is 5.75 Å². The van der Waals surface area contributed by atoms with E-state index < -0.39 is 10.1 Å². The quantitative estimate of drug-likeness (QED) is 0.443. The topological polar surface area (TPSA) is 92.8 Å². The number of amides is 2. The Kier molecular flexibility index (Phi) is 9.14. The molecule has 0 aliphatic heterocycles. The lowest BCUT2D eigenvalue weighted by Crippen LogP contribution is -2.39. The molecule has 186 valence electrons. The number of nitrogens with one attached hydrogen (secondary N) is 1. The zero-order chi connectivity index (χ0) is 25.7. The molecule has 9 heteroatoms. The monoisotopic (exact) mass is 508 g/mol. The molecule has 0 unspecified atom stereocenters. The van der Waals surface area contributed by atoms with Crippen molar-refractivity contribution < 1.29 is 22.2 Å². The average Bonchev–Trinajstić information content (AvgIpc) is 2.71. The third-order valence-corrected chi connectivity index (χ3v) is 6.63. The first-order chi connectivity index (χ1) is 15.7. The molecule has 7 nitrogen and oxygen atoms in total. The van der Waals surface area contributed by atoms with E-state index in [-0.39, 0.29) is 40.5 Å². The number of carbonyl (C=O) groups is 2. The van der Waals surface area contributed by atoms with Gasteiger partial charge in [-0.3, -0.25) is 9.59 Å². The number of anilines is 1. The molecule has 0 aromatic heterocycles. The van der Waals surface area contributed by atoms with Gasteiger partial charge in [0.15, 0.2) is 0 Å². The minimum absolute atomic E-state index is 0.0239. The van der Waals surface area contributed by atoms with Crippen molar-refractivity contribution in [3.8, 4) is 5.75 Å². The summed E-state index contributed by atoms with van der Waals surface area (Å²) < 4.78 is 31.4. The highest BCUT2D eigenvalue weighted by Gasteiger charge is 2.26. The van der Waals surface area contributed by atoms with Gasteiger partial charge >= 0.3 is 10.1 Å². The van der Waals surface area contributed by atoms with Crippen LogP contribution >= 0.6 is 11.6 Å². The van der Waals surface area contributed by atoms with Crippen molar-refractivity contribution in [2.24, 2.45) is 5.41 Å². The van der Waals surface area contributed by atoms with Crippen LogP contribution in [0.15, 0.2) is 47.4 Å². The van der Waals surface area contributed by atoms with Crippen molar-refractivity contribution in [3.05, 3.63) is 53.1 Å². The summed E-state index contributed by atoms with van der Waals surface area (Å²) in [5, 5.41) is 3.00. The molecule has 0 saturated carbocycles. The van der Waals surface area contributed by atoms with Crippen molar-refractivity contribution in [1.29, 1.82) is 0 Å². The van der Waals surface area contributed by atoms with Crippen LogP contribution in [0.25, 0.3) is 0 Å². The third kappa shape index (κ3) is 8.02. The van der Waals surface area contributed by atoms with E-state index in [0.717, 1.165) is 6.42 Å². The van der Waals surface area contributed by atoms with Crippen LogP contribution in [0.4, 0.5) is 5.69 Å². The fraction of sp³-hybridized carbons (Fsp3) is 0.440. The summed E-state index contributed by atoms with van der Waals surface area (Å²) in [4.78, 5) is 25.9. The smallest absolute Gasteiger partial charge is 0.339 e. The van der Waals surface area contributed by atoms with E-state index in [0.29, 0.717) is 22.7 Å². The molecule has 2 amide bonds. The van der Waals surface area contributed by atoms with Gasteiger partial charge in [0.05, 0.1) is 0 Å². The minimum atomic E-state index is -4.16. The van der Waals surface area contributed by atoms with Gasteiger partial charge in [0.2, 0.25) is 11.8 Å². The van der Waals surface area contributed by atoms with Gasteiger partial charge in [0.25, 0.3) is 0 Å². The van der Waals surface area contributed by atoms with E-state index in [9.17, 15) is 18.0 Å². The highest BCUT2D eigenvalue weighted by Crippen LogP contribution is 2.30. The Labute approximate surface area is 207 Å². The van der Waals surface area contributed by atoms with Gasteiger partial charge in [0, 0.05) is 42.2 Å². The number of halogens is 1. The van der Waals surface area contributed by atoms with E-state index >= 15 is 0 Å². The van der Waals surface area contributed by atoms with Gasteiger partial charge in [-0.05, 0) is 61.2 Å². The number of hydrogen-bond acceptors (Lipinski definition) is 5. The Hall–Kier alpha value is -2.58. The first kappa shape index (κ1) is 27.7. The van der Waals surface area contributed by atoms with Crippen molar-refractivity contribution in [1.82, 2.24) is 4.90 Å². The lowest BCUT2D eigenvalue weighted by molar-refractivity contribution is -0.136. The molecule has 0 aliphatic rings. The van der Waals surface area contributed by atoms with Crippen molar-refractivity contribution >= 4 is 39.2 Å². The first-order valence-electron chi connectivity index (χ1n) is 11.1. The largest absolute Gasteiger partial charge is 0.379 e. The van der Waals surface area contributed by atoms with Crippen molar-refractivity contribution in [2.45, 2.75) is 71.9 Å². The van der Waals surface area contributed by atoms with Crippen LogP contribution in [0, 0.1) is 5.41 Å². The second kappa shape index (κ2) is 11.2. The predicted molar refractivity (Wildman–Crippen MR) is 134 cm³/mol. The van der Waals surface area contributed by atoms with Crippen LogP contribution in [-0.4, -0.2) is 31.2 Å². The molecule has 0 bridgehead atoms. The molecule has 0 radical (unpaired) electrons. The Morgan fingerprint density at radius 3 is 2.26 bits per heavy atom. The molecular formula is C25H33ClN2O5S. The second-order valence-electron chi connectivity index (χ2n) is 9.51. The summed E-state index contributed by atoms with van der Waals surface area (Å²) >= 11 is 6.20. The maximum Gasteiger partial charge on any atom is 0.339 e. The normalized spacial score (nSPS) is 12.7. The molecule has 0 saturated heterocycles. The zero-order valence-electron chi connectivity index (χ0n) is 20.5. The van der Waals surface area contributed by atoms with Crippen LogP contribution < -0.4 is 9.50 Å². The van der Waals surface area contributed by atoms with Gasteiger partial charge in [-0.25, -0.2) is 0 Å². The van der Waals surface area contributed by atoms with Crippen LogP contribution in [0.3, 0.4) is 0 Å². The number of nitrogens with zero attached hydrogens (tertiary/aromatic N) is 1. The summed E-state index contributed by atoms with van der Waals surface area (Å²) in [5.74, 6) is -0.180. The molecule has 0 heterocycles. The average molecular weight is 509 g/mol. The van der Waals surface area contributed by atoms with Gasteiger partial charge in [0.1, 0.15) is 10.6 Å². The Bertz CT molecular complexity index is 1120. The van der Waals surface area contributed by atoms with E-state index in [1.54, 1.807) is 17.0 Å². The Balaban J connectivity index is 2.36. The SMILES string of the molecule is CC[C@H](C)N(Cc1cc(Cl)ccc1OS(=O)(=O)c1ccc(NC(C)=O)cc1)C(=O)CC(C)(C)C. The highest BCUT2D eigenvalue weighted by molar-refractivity contribution is 7.87. The summed E-state index contributed by atoms with van der Waals surface area (Å²) in [6, 6.07) is 10.3. The molecule has 0 aliphatic carbocycles. The molecule has 1 N–H and O–H groups in total. The van der Waals surface area contributed by atoms with E-state index in [2.05, 4.69) is 5.32 Å². The molecule has 2 aromatic rings. The van der Waals surface area contributed by atoms with E-state index in [1.807, 2.05) is 34.6 Å². The van der Waals surface area contributed by atoms with Gasteiger partial charge in [-0.2, -0.15) is 8.42 Å². The molecule has 1 atom stereocenters. The van der Waals surface area contributed by atoms with Crippen molar-refractivity contribution in [3.63, 3.8) is 0 Å². The summed E-state index contributed by atoms with van der Waals surface area (Å²) in [7, 11) is -4.16. The second-order valence-corrected chi connectivity index (χ2v) is 11.5. The minimum Gasteiger partial charge on any atom is -0.379 e. The summed E-state index contributed by atoms with van der Waals surface area (Å²) in [5.41, 5.74) is 0.775. The predicted octanol–water partition coefficient (Wildman–Crippen LogP) is 5.63. The van der Waals surface area contributed by atoms with Crippen LogP contribution in [0.1, 0.15) is 59.9 Å². The lowest BCUT2D eigenvalue weighted by atomic mass is 9.91. The van der Waals surface area contributed by atoms with Gasteiger partial charge in [-0.1, -0.05) is 39.3 Å². The molecule has 34 heavy (non-hydrogen) atoms. The highest BCUT2D eigenvalue weighted by atomic mass is 35.5. The molecular weight excluding hydrogens is 476 g/mol. The van der Waals surface area contributed by atoms with E-state index in [4.69, 9.17) is 15.8 Å². The maximum atomic E-state index is 13.1.